The Morgan fingerprint density at radius 3 is 2.43 bits per heavy atom. The number of aromatic nitrogens is 1. The van der Waals surface area contributed by atoms with Crippen LogP contribution in [-0.2, 0) is 13.2 Å². The molecule has 3 rings (SSSR count). The normalized spacial score (nSPS) is 10.6. The summed E-state index contributed by atoms with van der Waals surface area (Å²) in [6.07, 6.45) is 0. The maximum Gasteiger partial charge on any atom is 0.257 e. The Hall–Kier alpha value is -3.28. The van der Waals surface area contributed by atoms with Gasteiger partial charge in [0, 0.05) is 19.2 Å². The van der Waals surface area contributed by atoms with E-state index in [1.165, 1.54) is 0 Å². The van der Waals surface area contributed by atoms with Crippen molar-refractivity contribution in [2.45, 2.75) is 27.0 Å². The lowest BCUT2D eigenvalue weighted by atomic mass is 10.1. The van der Waals surface area contributed by atoms with Gasteiger partial charge in [-0.3, -0.25) is 4.79 Å². The Bertz CT molecular complexity index is 945. The molecule has 0 saturated heterocycles. The van der Waals surface area contributed by atoms with Crippen LogP contribution in [0.25, 0.3) is 0 Å². The number of para-hydroxylation sites is 2. The molecule has 0 atom stereocenters. The van der Waals surface area contributed by atoms with E-state index >= 15 is 0 Å². The standard InChI is InChI=1S/C22H24N2O4/c1-15-19(16(2)28-23-15)14-27-21-12-8-6-10-18(21)22(25)24(3)13-17-9-5-7-11-20(17)26-4/h5-12H,13-14H2,1-4H3. The molecule has 1 heterocycles. The molecule has 0 fully saturated rings. The van der Waals surface area contributed by atoms with Gasteiger partial charge in [0.15, 0.2) is 0 Å². The number of amides is 1. The van der Waals surface area contributed by atoms with E-state index in [1.54, 1.807) is 31.2 Å². The number of hydrogen-bond donors (Lipinski definition) is 0. The molecule has 0 aliphatic rings. The van der Waals surface area contributed by atoms with Crippen molar-refractivity contribution in [1.29, 1.82) is 0 Å². The molecule has 0 N–H and O–H groups in total. The second-order valence-corrected chi connectivity index (χ2v) is 6.56. The quantitative estimate of drug-likeness (QED) is 0.616. The van der Waals surface area contributed by atoms with Crippen molar-refractivity contribution in [3.63, 3.8) is 0 Å². The first-order valence-electron chi connectivity index (χ1n) is 9.02. The highest BCUT2D eigenvalue weighted by Gasteiger charge is 2.19. The Labute approximate surface area is 164 Å². The fraction of sp³-hybridized carbons (Fsp3) is 0.273. The van der Waals surface area contributed by atoms with E-state index in [1.807, 2.05) is 50.2 Å². The molecule has 3 aromatic rings. The van der Waals surface area contributed by atoms with Gasteiger partial charge in [0.1, 0.15) is 23.9 Å². The smallest absolute Gasteiger partial charge is 0.257 e. The van der Waals surface area contributed by atoms with Crippen molar-refractivity contribution in [3.05, 3.63) is 76.7 Å². The predicted octanol–water partition coefficient (Wildman–Crippen LogP) is 4.15. The maximum absolute atomic E-state index is 13.0. The molecule has 0 saturated carbocycles. The summed E-state index contributed by atoms with van der Waals surface area (Å²) in [5.41, 5.74) is 3.13. The Morgan fingerprint density at radius 2 is 1.75 bits per heavy atom. The van der Waals surface area contributed by atoms with E-state index in [0.717, 1.165) is 28.3 Å². The van der Waals surface area contributed by atoms with Crippen LogP contribution in [0.15, 0.2) is 53.1 Å². The average molecular weight is 380 g/mol. The number of nitrogens with zero attached hydrogens (tertiary/aromatic N) is 2. The summed E-state index contributed by atoms with van der Waals surface area (Å²) in [5, 5.41) is 3.94. The molecule has 6 nitrogen and oxygen atoms in total. The Balaban J connectivity index is 1.76. The average Bonchev–Trinajstić information content (AvgIpc) is 3.04. The summed E-state index contributed by atoms with van der Waals surface area (Å²) in [6.45, 7) is 4.44. The lowest BCUT2D eigenvalue weighted by Gasteiger charge is -2.20. The van der Waals surface area contributed by atoms with E-state index in [2.05, 4.69) is 5.16 Å². The zero-order valence-corrected chi connectivity index (χ0v) is 16.6. The predicted molar refractivity (Wildman–Crippen MR) is 106 cm³/mol. The fourth-order valence-corrected chi connectivity index (χ4v) is 2.99. The van der Waals surface area contributed by atoms with Crippen molar-refractivity contribution >= 4 is 5.91 Å². The topological polar surface area (TPSA) is 64.8 Å². The SMILES string of the molecule is COc1ccccc1CN(C)C(=O)c1ccccc1OCc1c(C)noc1C. The van der Waals surface area contributed by atoms with Gasteiger partial charge in [0.05, 0.1) is 23.9 Å². The summed E-state index contributed by atoms with van der Waals surface area (Å²) < 4.78 is 16.5. The molecule has 0 aliphatic heterocycles. The van der Waals surface area contributed by atoms with Crippen LogP contribution in [0.5, 0.6) is 11.5 Å². The number of benzene rings is 2. The van der Waals surface area contributed by atoms with Crippen LogP contribution >= 0.6 is 0 Å². The van der Waals surface area contributed by atoms with Gasteiger partial charge in [-0.05, 0) is 32.0 Å². The summed E-state index contributed by atoms with van der Waals surface area (Å²) in [4.78, 5) is 14.7. The van der Waals surface area contributed by atoms with Gasteiger partial charge < -0.3 is 18.9 Å². The molecule has 28 heavy (non-hydrogen) atoms. The van der Waals surface area contributed by atoms with Crippen molar-refractivity contribution in [2.24, 2.45) is 0 Å². The second-order valence-electron chi connectivity index (χ2n) is 6.56. The molecule has 0 spiro atoms. The minimum atomic E-state index is -0.125. The van der Waals surface area contributed by atoms with Crippen molar-refractivity contribution in [3.8, 4) is 11.5 Å². The van der Waals surface area contributed by atoms with E-state index in [9.17, 15) is 4.79 Å². The van der Waals surface area contributed by atoms with Crippen LogP contribution in [0.4, 0.5) is 0 Å². The lowest BCUT2D eigenvalue weighted by Crippen LogP contribution is -2.27. The summed E-state index contributed by atoms with van der Waals surface area (Å²) in [5.74, 6) is 1.87. The zero-order valence-electron chi connectivity index (χ0n) is 16.6. The number of rotatable bonds is 7. The molecule has 1 amide bonds. The first-order chi connectivity index (χ1) is 13.5. The number of hydrogen-bond acceptors (Lipinski definition) is 5. The molecule has 0 unspecified atom stereocenters. The first-order valence-corrected chi connectivity index (χ1v) is 9.02. The van der Waals surface area contributed by atoms with E-state index < -0.39 is 0 Å². The zero-order chi connectivity index (χ0) is 20.1. The molecule has 0 radical (unpaired) electrons. The Morgan fingerprint density at radius 1 is 1.07 bits per heavy atom. The van der Waals surface area contributed by atoms with E-state index in [4.69, 9.17) is 14.0 Å². The molecule has 0 aliphatic carbocycles. The fourth-order valence-electron chi connectivity index (χ4n) is 2.99. The summed E-state index contributed by atoms with van der Waals surface area (Å²) in [6, 6.07) is 14.9. The highest BCUT2D eigenvalue weighted by Crippen LogP contribution is 2.24. The van der Waals surface area contributed by atoms with Crippen molar-refractivity contribution in [2.75, 3.05) is 14.2 Å². The van der Waals surface area contributed by atoms with Gasteiger partial charge in [-0.15, -0.1) is 0 Å². The van der Waals surface area contributed by atoms with Gasteiger partial charge in [0.25, 0.3) is 5.91 Å². The largest absolute Gasteiger partial charge is 0.496 e. The molecule has 6 heteroatoms. The summed E-state index contributed by atoms with van der Waals surface area (Å²) in [7, 11) is 3.39. The number of ether oxygens (including phenoxy) is 2. The minimum absolute atomic E-state index is 0.125. The van der Waals surface area contributed by atoms with Gasteiger partial charge >= 0.3 is 0 Å². The molecule has 146 valence electrons. The van der Waals surface area contributed by atoms with Crippen LogP contribution in [0.2, 0.25) is 0 Å². The molecular formula is C22H24N2O4. The highest BCUT2D eigenvalue weighted by molar-refractivity contribution is 5.96. The lowest BCUT2D eigenvalue weighted by molar-refractivity contribution is 0.0779. The monoisotopic (exact) mass is 380 g/mol. The highest BCUT2D eigenvalue weighted by atomic mass is 16.5. The van der Waals surface area contributed by atoms with Crippen molar-refractivity contribution < 1.29 is 18.8 Å². The van der Waals surface area contributed by atoms with Crippen molar-refractivity contribution in [1.82, 2.24) is 10.1 Å². The van der Waals surface area contributed by atoms with E-state index in [-0.39, 0.29) is 5.91 Å². The number of aryl methyl sites for hydroxylation is 2. The molecule has 0 bridgehead atoms. The van der Waals surface area contributed by atoms with Gasteiger partial charge in [-0.1, -0.05) is 35.5 Å². The maximum atomic E-state index is 13.0. The van der Waals surface area contributed by atoms with Crippen LogP contribution in [0.1, 0.15) is 32.9 Å². The number of carbonyl (C=O) groups excluding carboxylic acids is 1. The third-order valence-electron chi connectivity index (χ3n) is 4.62. The van der Waals surface area contributed by atoms with Gasteiger partial charge in [0.2, 0.25) is 0 Å². The van der Waals surface area contributed by atoms with Crippen LogP contribution in [0, 0.1) is 13.8 Å². The Kier molecular flexibility index (Phi) is 5.99. The summed E-state index contributed by atoms with van der Waals surface area (Å²) >= 11 is 0. The molecular weight excluding hydrogens is 356 g/mol. The van der Waals surface area contributed by atoms with Crippen LogP contribution in [0.3, 0.4) is 0 Å². The second kappa shape index (κ2) is 8.61. The van der Waals surface area contributed by atoms with Crippen LogP contribution in [-0.4, -0.2) is 30.1 Å². The van der Waals surface area contributed by atoms with Crippen LogP contribution < -0.4 is 9.47 Å². The molecule has 2 aromatic carbocycles. The van der Waals surface area contributed by atoms with Gasteiger partial charge in [-0.2, -0.15) is 0 Å². The minimum Gasteiger partial charge on any atom is -0.496 e. The third kappa shape index (κ3) is 4.17. The third-order valence-corrected chi connectivity index (χ3v) is 4.62. The molecule has 1 aromatic heterocycles. The number of methoxy groups -OCH3 is 1. The number of carbonyl (C=O) groups is 1. The van der Waals surface area contributed by atoms with Gasteiger partial charge in [-0.25, -0.2) is 0 Å². The van der Waals surface area contributed by atoms with E-state index in [0.29, 0.717) is 24.5 Å². The first kappa shape index (κ1) is 19.5.